The summed E-state index contributed by atoms with van der Waals surface area (Å²) in [6.45, 7) is 10.1. The first-order valence-electron chi connectivity index (χ1n) is 10.9. The largest absolute Gasteiger partial charge is 0.342 e. The first kappa shape index (κ1) is 21.2. The van der Waals surface area contributed by atoms with Gasteiger partial charge in [0.2, 0.25) is 5.91 Å². The number of aromatic amines is 1. The summed E-state index contributed by atoms with van der Waals surface area (Å²) >= 11 is 0. The lowest BCUT2D eigenvalue weighted by Crippen LogP contribution is -2.41. The third-order valence-corrected chi connectivity index (χ3v) is 5.69. The Morgan fingerprint density at radius 3 is 2.68 bits per heavy atom. The lowest BCUT2D eigenvalue weighted by atomic mass is 9.90. The summed E-state index contributed by atoms with van der Waals surface area (Å²) in [5, 5.41) is 8.21. The summed E-state index contributed by atoms with van der Waals surface area (Å²) < 4.78 is 1.67. The van der Waals surface area contributed by atoms with E-state index in [-0.39, 0.29) is 28.3 Å². The molecule has 0 aliphatic carbocycles. The molecule has 0 radical (unpaired) electrons. The van der Waals surface area contributed by atoms with E-state index in [2.05, 4.69) is 36.1 Å². The number of carbonyl (C=O) groups excluding carboxylic acids is 1. The predicted octanol–water partition coefficient (Wildman–Crippen LogP) is 3.01. The molecule has 8 nitrogen and oxygen atoms in total. The van der Waals surface area contributed by atoms with Crippen LogP contribution in [-0.2, 0) is 11.3 Å². The first-order chi connectivity index (χ1) is 14.7. The van der Waals surface area contributed by atoms with Crippen LogP contribution in [0.25, 0.3) is 11.2 Å². The zero-order valence-electron chi connectivity index (χ0n) is 18.7. The number of hydrogen-bond donors (Lipinski definition) is 1. The van der Waals surface area contributed by atoms with E-state index in [0.29, 0.717) is 31.0 Å². The molecule has 0 bridgehead atoms. The van der Waals surface area contributed by atoms with E-state index < -0.39 is 0 Å². The molecule has 4 rings (SSSR count). The average Bonchev–Trinajstić information content (AvgIpc) is 3.12. The van der Waals surface area contributed by atoms with Crippen molar-refractivity contribution >= 4 is 17.1 Å². The summed E-state index contributed by atoms with van der Waals surface area (Å²) in [5.74, 6) is 0.766. The Morgan fingerprint density at radius 2 is 1.97 bits per heavy atom. The number of nitrogens with one attached hydrogen (secondary N) is 1. The highest BCUT2D eigenvalue weighted by atomic mass is 16.2. The van der Waals surface area contributed by atoms with Crippen molar-refractivity contribution in [3.05, 3.63) is 51.6 Å². The fraction of sp³-hybridized carbons (Fsp3) is 0.522. The topological polar surface area (TPSA) is 96.8 Å². The van der Waals surface area contributed by atoms with Crippen molar-refractivity contribution in [2.45, 2.75) is 59.4 Å². The molecule has 3 aromatic rings. The van der Waals surface area contributed by atoms with Gasteiger partial charge in [-0.25, -0.2) is 9.67 Å². The van der Waals surface area contributed by atoms with Crippen molar-refractivity contribution in [1.82, 2.24) is 29.9 Å². The van der Waals surface area contributed by atoms with E-state index in [1.165, 1.54) is 5.56 Å². The van der Waals surface area contributed by atoms with E-state index >= 15 is 0 Å². The second-order valence-corrected chi connectivity index (χ2v) is 9.77. The molecule has 1 fully saturated rings. The Hall–Kier alpha value is -3.03. The molecule has 1 aliphatic heterocycles. The second-order valence-electron chi connectivity index (χ2n) is 9.77. The Bertz CT molecular complexity index is 1140. The van der Waals surface area contributed by atoms with Gasteiger partial charge in [-0.05, 0) is 30.7 Å². The van der Waals surface area contributed by atoms with Gasteiger partial charge in [-0.2, -0.15) is 0 Å². The molecule has 2 aromatic heterocycles. The van der Waals surface area contributed by atoms with Crippen molar-refractivity contribution in [3.8, 4) is 0 Å². The van der Waals surface area contributed by atoms with Crippen LogP contribution in [0.1, 0.15) is 62.9 Å². The van der Waals surface area contributed by atoms with Gasteiger partial charge in [0.05, 0.1) is 6.54 Å². The van der Waals surface area contributed by atoms with Gasteiger partial charge >= 0.3 is 0 Å². The summed E-state index contributed by atoms with van der Waals surface area (Å²) in [4.78, 5) is 34.9. The number of nitrogens with zero attached hydrogens (tertiary/aromatic N) is 5. The maximum absolute atomic E-state index is 12.7. The molecule has 1 unspecified atom stereocenters. The van der Waals surface area contributed by atoms with Crippen LogP contribution < -0.4 is 5.56 Å². The van der Waals surface area contributed by atoms with Gasteiger partial charge in [-0.15, -0.1) is 5.10 Å². The number of carbonyl (C=O) groups is 1. The molecule has 1 aliphatic rings. The van der Waals surface area contributed by atoms with Crippen LogP contribution in [0, 0.1) is 12.3 Å². The number of fused-ring (bicyclic) bond motifs is 1. The van der Waals surface area contributed by atoms with Crippen molar-refractivity contribution in [1.29, 1.82) is 0 Å². The van der Waals surface area contributed by atoms with Gasteiger partial charge < -0.3 is 9.88 Å². The summed E-state index contributed by atoms with van der Waals surface area (Å²) in [6.07, 6.45) is 2.28. The summed E-state index contributed by atoms with van der Waals surface area (Å²) in [6, 6.07) is 8.17. The van der Waals surface area contributed by atoms with E-state index in [1.807, 2.05) is 36.1 Å². The number of benzene rings is 1. The zero-order chi connectivity index (χ0) is 22.2. The van der Waals surface area contributed by atoms with Crippen LogP contribution >= 0.6 is 0 Å². The minimum atomic E-state index is -0.284. The lowest BCUT2D eigenvalue weighted by Gasteiger charge is -2.34. The van der Waals surface area contributed by atoms with E-state index in [9.17, 15) is 9.59 Å². The molecule has 1 aromatic carbocycles. The average molecular weight is 423 g/mol. The van der Waals surface area contributed by atoms with Crippen LogP contribution in [0.3, 0.4) is 0 Å². The van der Waals surface area contributed by atoms with Crippen molar-refractivity contribution < 1.29 is 4.79 Å². The van der Waals surface area contributed by atoms with Gasteiger partial charge in [-0.1, -0.05) is 55.8 Å². The highest BCUT2D eigenvalue weighted by molar-refractivity contribution is 5.77. The third-order valence-electron chi connectivity index (χ3n) is 5.69. The minimum absolute atomic E-state index is 0.00232. The normalized spacial score (nSPS) is 17.3. The standard InChI is InChI=1S/C23H30N6O2/c1-15-7-9-16(10-8-15)13-29-21-19(26-27-29)22(31)25-20(24-21)17-6-5-11-28(14-17)18(30)12-23(2,3)4/h7-10,17H,5-6,11-14H2,1-4H3,(H,24,25,31). The number of hydrogen-bond acceptors (Lipinski definition) is 5. The Morgan fingerprint density at radius 1 is 1.23 bits per heavy atom. The van der Waals surface area contributed by atoms with Crippen molar-refractivity contribution in [2.75, 3.05) is 13.1 Å². The van der Waals surface area contributed by atoms with Gasteiger partial charge in [0.25, 0.3) is 5.56 Å². The van der Waals surface area contributed by atoms with Crippen molar-refractivity contribution in [2.24, 2.45) is 5.41 Å². The van der Waals surface area contributed by atoms with Gasteiger partial charge in [0.15, 0.2) is 11.2 Å². The number of aromatic nitrogens is 5. The van der Waals surface area contributed by atoms with Gasteiger partial charge in [0, 0.05) is 25.4 Å². The van der Waals surface area contributed by atoms with E-state index in [1.54, 1.807) is 4.68 Å². The molecular weight excluding hydrogens is 392 g/mol. The molecule has 164 valence electrons. The number of piperidine rings is 1. The molecule has 1 N–H and O–H groups in total. The van der Waals surface area contributed by atoms with Crippen LogP contribution in [0.4, 0.5) is 0 Å². The van der Waals surface area contributed by atoms with E-state index in [4.69, 9.17) is 4.98 Å². The molecule has 0 saturated carbocycles. The van der Waals surface area contributed by atoms with Gasteiger partial charge in [-0.3, -0.25) is 9.59 Å². The number of rotatable bonds is 4. The SMILES string of the molecule is Cc1ccc(Cn2nnc3c(=O)[nH]c(C4CCCN(C(=O)CC(C)(C)C)C4)nc32)cc1. The van der Waals surface area contributed by atoms with E-state index in [0.717, 1.165) is 24.9 Å². The zero-order valence-corrected chi connectivity index (χ0v) is 18.7. The fourth-order valence-electron chi connectivity index (χ4n) is 4.04. The van der Waals surface area contributed by atoms with Crippen LogP contribution in [-0.4, -0.2) is 48.9 Å². The summed E-state index contributed by atoms with van der Waals surface area (Å²) in [5.41, 5.74) is 2.64. The Balaban J connectivity index is 1.60. The predicted molar refractivity (Wildman–Crippen MR) is 119 cm³/mol. The van der Waals surface area contributed by atoms with Crippen LogP contribution in [0.2, 0.25) is 0 Å². The minimum Gasteiger partial charge on any atom is -0.342 e. The van der Waals surface area contributed by atoms with Gasteiger partial charge in [0.1, 0.15) is 5.82 Å². The lowest BCUT2D eigenvalue weighted by molar-refractivity contribution is -0.134. The third kappa shape index (κ3) is 4.84. The second kappa shape index (κ2) is 8.24. The molecule has 31 heavy (non-hydrogen) atoms. The number of aryl methyl sites for hydroxylation is 1. The number of H-pyrrole nitrogens is 1. The quantitative estimate of drug-likeness (QED) is 0.697. The molecule has 0 spiro atoms. The molecular formula is C23H30N6O2. The maximum Gasteiger partial charge on any atom is 0.281 e. The molecule has 1 saturated heterocycles. The highest BCUT2D eigenvalue weighted by Crippen LogP contribution is 2.27. The highest BCUT2D eigenvalue weighted by Gasteiger charge is 2.29. The number of amides is 1. The molecule has 3 heterocycles. The molecule has 8 heteroatoms. The smallest absolute Gasteiger partial charge is 0.281 e. The fourth-order valence-corrected chi connectivity index (χ4v) is 4.04. The Kier molecular flexibility index (Phi) is 5.64. The van der Waals surface area contributed by atoms with Crippen LogP contribution in [0.5, 0.6) is 0 Å². The number of likely N-dealkylation sites (tertiary alicyclic amines) is 1. The molecule has 1 atom stereocenters. The first-order valence-corrected chi connectivity index (χ1v) is 10.9. The Labute approximate surface area is 181 Å². The van der Waals surface area contributed by atoms with Crippen LogP contribution in [0.15, 0.2) is 29.1 Å². The van der Waals surface area contributed by atoms with Crippen molar-refractivity contribution in [3.63, 3.8) is 0 Å². The summed E-state index contributed by atoms with van der Waals surface area (Å²) in [7, 11) is 0. The monoisotopic (exact) mass is 422 g/mol. The molecule has 1 amide bonds. The maximum atomic E-state index is 12.7.